The second kappa shape index (κ2) is 7.93. The molecule has 128 valence electrons. The number of aryl methyl sites for hydroxylation is 1. The molecule has 0 saturated carbocycles. The monoisotopic (exact) mass is 338 g/mol. The Hall–Kier alpha value is -1.40. The molecule has 1 aromatic carbocycles. The number of nitrogens with one attached hydrogen (secondary N) is 1. The van der Waals surface area contributed by atoms with E-state index in [4.69, 9.17) is 0 Å². The standard InChI is InChI=1S/C17H26N2O3S/c1-3-14-5-7-15(8-6-14)13-18-17(20)16-9-11-19(12-10-16)23(21,22)4-2/h5-8,16H,3-4,9-13H2,1-2H3,(H,18,20). The summed E-state index contributed by atoms with van der Waals surface area (Å²) in [5.74, 6) is 0.0591. The van der Waals surface area contributed by atoms with Crippen molar-refractivity contribution in [3.8, 4) is 0 Å². The van der Waals surface area contributed by atoms with E-state index in [1.165, 1.54) is 9.87 Å². The molecule has 0 aromatic heterocycles. The lowest BCUT2D eigenvalue weighted by atomic mass is 9.97. The summed E-state index contributed by atoms with van der Waals surface area (Å²) in [5.41, 5.74) is 2.37. The van der Waals surface area contributed by atoms with Gasteiger partial charge >= 0.3 is 0 Å². The van der Waals surface area contributed by atoms with Gasteiger partial charge in [-0.3, -0.25) is 4.79 Å². The van der Waals surface area contributed by atoms with Crippen LogP contribution >= 0.6 is 0 Å². The number of hydrogen-bond donors (Lipinski definition) is 1. The van der Waals surface area contributed by atoms with Crippen LogP contribution in [0.15, 0.2) is 24.3 Å². The van der Waals surface area contributed by atoms with E-state index in [2.05, 4.69) is 24.4 Å². The van der Waals surface area contributed by atoms with Crippen LogP contribution in [0.25, 0.3) is 0 Å². The Labute approximate surface area is 139 Å². The number of piperidine rings is 1. The van der Waals surface area contributed by atoms with Crippen molar-refractivity contribution in [1.29, 1.82) is 0 Å². The first-order valence-electron chi connectivity index (χ1n) is 8.29. The van der Waals surface area contributed by atoms with Gasteiger partial charge in [-0.15, -0.1) is 0 Å². The number of hydrogen-bond acceptors (Lipinski definition) is 3. The number of benzene rings is 1. The molecule has 6 heteroatoms. The normalized spacial score (nSPS) is 17.1. The third-order valence-corrected chi connectivity index (χ3v) is 6.36. The van der Waals surface area contributed by atoms with Crippen molar-refractivity contribution in [1.82, 2.24) is 9.62 Å². The van der Waals surface area contributed by atoms with Crippen molar-refractivity contribution < 1.29 is 13.2 Å². The number of carbonyl (C=O) groups is 1. The fraction of sp³-hybridized carbons (Fsp3) is 0.588. The van der Waals surface area contributed by atoms with Gasteiger partial charge in [-0.25, -0.2) is 12.7 Å². The van der Waals surface area contributed by atoms with Gasteiger partial charge in [0.1, 0.15) is 0 Å². The SMILES string of the molecule is CCc1ccc(CNC(=O)C2CCN(S(=O)(=O)CC)CC2)cc1. The van der Waals surface area contributed by atoms with E-state index in [9.17, 15) is 13.2 Å². The zero-order valence-electron chi connectivity index (χ0n) is 13.9. The van der Waals surface area contributed by atoms with Gasteiger partial charge in [-0.2, -0.15) is 0 Å². The highest BCUT2D eigenvalue weighted by molar-refractivity contribution is 7.89. The van der Waals surface area contributed by atoms with Crippen molar-refractivity contribution >= 4 is 15.9 Å². The second-order valence-electron chi connectivity index (χ2n) is 5.96. The maximum Gasteiger partial charge on any atom is 0.223 e. The smallest absolute Gasteiger partial charge is 0.223 e. The molecule has 0 aliphatic carbocycles. The molecule has 1 aliphatic rings. The van der Waals surface area contributed by atoms with Gasteiger partial charge < -0.3 is 5.32 Å². The average molecular weight is 338 g/mol. The van der Waals surface area contributed by atoms with Crippen LogP contribution in [0.2, 0.25) is 0 Å². The van der Waals surface area contributed by atoms with Gasteiger partial charge in [-0.1, -0.05) is 31.2 Å². The Kier molecular flexibility index (Phi) is 6.18. The summed E-state index contributed by atoms with van der Waals surface area (Å²) in [6.07, 6.45) is 2.20. The van der Waals surface area contributed by atoms with E-state index in [1.54, 1.807) is 6.92 Å². The molecule has 1 heterocycles. The minimum atomic E-state index is -3.13. The summed E-state index contributed by atoms with van der Waals surface area (Å²) in [6, 6.07) is 8.23. The number of rotatable bonds is 6. The predicted molar refractivity (Wildman–Crippen MR) is 91.4 cm³/mol. The third kappa shape index (κ3) is 4.78. The lowest BCUT2D eigenvalue weighted by molar-refractivity contribution is -0.126. The predicted octanol–water partition coefficient (Wildman–Crippen LogP) is 1.93. The second-order valence-corrected chi connectivity index (χ2v) is 8.22. The first-order valence-corrected chi connectivity index (χ1v) is 9.90. The Morgan fingerprint density at radius 3 is 2.22 bits per heavy atom. The Morgan fingerprint density at radius 1 is 1.13 bits per heavy atom. The minimum absolute atomic E-state index is 0.0260. The van der Waals surface area contributed by atoms with Crippen LogP contribution < -0.4 is 5.32 Å². The molecule has 0 radical (unpaired) electrons. The zero-order chi connectivity index (χ0) is 16.9. The summed E-state index contributed by atoms with van der Waals surface area (Å²) in [7, 11) is -3.13. The maximum atomic E-state index is 12.2. The molecule has 0 atom stereocenters. The van der Waals surface area contributed by atoms with Crippen molar-refractivity contribution in [3.05, 3.63) is 35.4 Å². The molecule has 23 heavy (non-hydrogen) atoms. The van der Waals surface area contributed by atoms with Crippen LogP contribution in [-0.2, 0) is 27.8 Å². The maximum absolute atomic E-state index is 12.2. The number of carbonyl (C=O) groups excluding carboxylic acids is 1. The lowest BCUT2D eigenvalue weighted by Gasteiger charge is -2.30. The molecule has 0 spiro atoms. The molecule has 1 amide bonds. The van der Waals surface area contributed by atoms with Crippen molar-refractivity contribution in [2.45, 2.75) is 39.7 Å². The van der Waals surface area contributed by atoms with Gasteiger partial charge in [0, 0.05) is 25.6 Å². The average Bonchev–Trinajstić information content (AvgIpc) is 2.60. The van der Waals surface area contributed by atoms with Crippen LogP contribution in [0.3, 0.4) is 0 Å². The van der Waals surface area contributed by atoms with Crippen molar-refractivity contribution in [3.63, 3.8) is 0 Å². The van der Waals surface area contributed by atoms with Gasteiger partial charge in [0.2, 0.25) is 15.9 Å². The van der Waals surface area contributed by atoms with E-state index in [0.29, 0.717) is 32.5 Å². The first kappa shape index (κ1) is 17.9. The van der Waals surface area contributed by atoms with Crippen LogP contribution in [0, 0.1) is 5.92 Å². The highest BCUT2D eigenvalue weighted by Gasteiger charge is 2.29. The number of sulfonamides is 1. The van der Waals surface area contributed by atoms with Crippen molar-refractivity contribution in [2.24, 2.45) is 5.92 Å². The molecule has 1 aromatic rings. The Morgan fingerprint density at radius 2 is 1.70 bits per heavy atom. The molecular weight excluding hydrogens is 312 g/mol. The number of nitrogens with zero attached hydrogens (tertiary/aromatic N) is 1. The minimum Gasteiger partial charge on any atom is -0.352 e. The van der Waals surface area contributed by atoms with Crippen LogP contribution in [-0.4, -0.2) is 37.5 Å². The third-order valence-electron chi connectivity index (χ3n) is 4.48. The summed E-state index contributed by atoms with van der Waals surface area (Å²) in [5, 5.41) is 2.97. The van der Waals surface area contributed by atoms with Gasteiger partial charge in [0.15, 0.2) is 0 Å². The quantitative estimate of drug-likeness (QED) is 0.862. The van der Waals surface area contributed by atoms with E-state index in [0.717, 1.165) is 12.0 Å². The van der Waals surface area contributed by atoms with E-state index in [-0.39, 0.29) is 17.6 Å². The molecule has 2 rings (SSSR count). The van der Waals surface area contributed by atoms with Crippen LogP contribution in [0.4, 0.5) is 0 Å². The van der Waals surface area contributed by atoms with E-state index < -0.39 is 10.0 Å². The molecule has 5 nitrogen and oxygen atoms in total. The fourth-order valence-electron chi connectivity index (χ4n) is 2.81. The molecular formula is C17H26N2O3S. The Bertz CT molecular complexity index is 618. The van der Waals surface area contributed by atoms with Crippen LogP contribution in [0.1, 0.15) is 37.8 Å². The number of amides is 1. The lowest BCUT2D eigenvalue weighted by Crippen LogP contribution is -2.43. The molecule has 1 N–H and O–H groups in total. The largest absolute Gasteiger partial charge is 0.352 e. The van der Waals surface area contributed by atoms with Crippen molar-refractivity contribution in [2.75, 3.05) is 18.8 Å². The summed E-state index contributed by atoms with van der Waals surface area (Å²) in [4.78, 5) is 12.2. The van der Waals surface area contributed by atoms with Gasteiger partial charge in [-0.05, 0) is 37.3 Å². The molecule has 1 saturated heterocycles. The molecule has 1 aliphatic heterocycles. The summed E-state index contributed by atoms with van der Waals surface area (Å²) < 4.78 is 25.1. The fourth-order valence-corrected chi connectivity index (χ4v) is 3.94. The summed E-state index contributed by atoms with van der Waals surface area (Å²) >= 11 is 0. The molecule has 1 fully saturated rings. The highest BCUT2D eigenvalue weighted by atomic mass is 32.2. The highest BCUT2D eigenvalue weighted by Crippen LogP contribution is 2.20. The molecule has 0 bridgehead atoms. The zero-order valence-corrected chi connectivity index (χ0v) is 14.7. The van der Waals surface area contributed by atoms with Gasteiger partial charge in [0.05, 0.1) is 5.75 Å². The first-order chi connectivity index (χ1) is 11.0. The van der Waals surface area contributed by atoms with E-state index >= 15 is 0 Å². The van der Waals surface area contributed by atoms with Crippen LogP contribution in [0.5, 0.6) is 0 Å². The van der Waals surface area contributed by atoms with Gasteiger partial charge in [0.25, 0.3) is 0 Å². The Balaban J connectivity index is 1.81. The van der Waals surface area contributed by atoms with E-state index in [1.807, 2.05) is 12.1 Å². The summed E-state index contributed by atoms with van der Waals surface area (Å²) in [6.45, 7) is 5.18. The topological polar surface area (TPSA) is 66.5 Å². The molecule has 0 unspecified atom stereocenters.